The van der Waals surface area contributed by atoms with Crippen molar-refractivity contribution >= 4 is 37.8 Å². The molecule has 0 atom stereocenters. The van der Waals surface area contributed by atoms with E-state index in [4.69, 9.17) is 0 Å². The standard InChI is InChI=1S/C14H12Br2N2O3/c1-3-8-7-18(11-5-4-9(15)6-10(11)16)17-12(13(8)19)14(20)21-2/h4-7H,3H2,1-2H3. The van der Waals surface area contributed by atoms with Crippen molar-refractivity contribution in [1.29, 1.82) is 0 Å². The van der Waals surface area contributed by atoms with Gasteiger partial charge in [-0.3, -0.25) is 4.79 Å². The number of aromatic nitrogens is 2. The van der Waals surface area contributed by atoms with Gasteiger partial charge in [-0.25, -0.2) is 9.48 Å². The van der Waals surface area contributed by atoms with Crippen LogP contribution in [-0.2, 0) is 11.2 Å². The van der Waals surface area contributed by atoms with Gasteiger partial charge in [-0.1, -0.05) is 22.9 Å². The van der Waals surface area contributed by atoms with E-state index < -0.39 is 11.4 Å². The van der Waals surface area contributed by atoms with E-state index in [0.29, 0.717) is 12.0 Å². The first-order valence-electron chi connectivity index (χ1n) is 6.14. The van der Waals surface area contributed by atoms with Crippen LogP contribution in [0.3, 0.4) is 0 Å². The highest BCUT2D eigenvalue weighted by Gasteiger charge is 2.17. The highest BCUT2D eigenvalue weighted by atomic mass is 79.9. The van der Waals surface area contributed by atoms with Gasteiger partial charge >= 0.3 is 5.97 Å². The Morgan fingerprint density at radius 2 is 2.10 bits per heavy atom. The third kappa shape index (κ3) is 3.24. The summed E-state index contributed by atoms with van der Waals surface area (Å²) in [4.78, 5) is 23.8. The van der Waals surface area contributed by atoms with Crippen LogP contribution in [0.1, 0.15) is 23.0 Å². The maximum atomic E-state index is 12.1. The molecule has 110 valence electrons. The Hall–Kier alpha value is -1.47. The molecule has 5 nitrogen and oxygen atoms in total. The van der Waals surface area contributed by atoms with Crippen LogP contribution in [0.4, 0.5) is 0 Å². The fourth-order valence-corrected chi connectivity index (χ4v) is 3.04. The number of halogens is 2. The van der Waals surface area contributed by atoms with Gasteiger partial charge in [0.05, 0.1) is 12.8 Å². The van der Waals surface area contributed by atoms with Gasteiger partial charge in [0, 0.05) is 20.7 Å². The van der Waals surface area contributed by atoms with Crippen molar-refractivity contribution in [2.75, 3.05) is 7.11 Å². The molecule has 0 aliphatic carbocycles. The Balaban J connectivity index is 2.69. The molecular weight excluding hydrogens is 404 g/mol. The molecule has 0 unspecified atom stereocenters. The van der Waals surface area contributed by atoms with Crippen molar-refractivity contribution in [3.63, 3.8) is 0 Å². The molecule has 0 N–H and O–H groups in total. The predicted molar refractivity (Wildman–Crippen MR) is 86.0 cm³/mol. The molecule has 0 saturated heterocycles. The minimum absolute atomic E-state index is 0.216. The molecule has 2 rings (SSSR count). The molecule has 0 amide bonds. The summed E-state index contributed by atoms with van der Waals surface area (Å²) in [6.07, 6.45) is 2.13. The fourth-order valence-electron chi connectivity index (χ4n) is 1.81. The fraction of sp³-hybridized carbons (Fsp3) is 0.214. The van der Waals surface area contributed by atoms with Crippen LogP contribution in [0, 0.1) is 0 Å². The molecule has 1 heterocycles. The average Bonchev–Trinajstić information content (AvgIpc) is 2.47. The minimum atomic E-state index is -0.739. The molecular formula is C14H12Br2N2O3. The smallest absolute Gasteiger partial charge is 0.362 e. The van der Waals surface area contributed by atoms with E-state index in [2.05, 4.69) is 41.7 Å². The van der Waals surface area contributed by atoms with E-state index in [9.17, 15) is 9.59 Å². The highest BCUT2D eigenvalue weighted by Crippen LogP contribution is 2.24. The van der Waals surface area contributed by atoms with Crippen LogP contribution in [0.5, 0.6) is 0 Å². The predicted octanol–water partition coefficient (Wildman–Crippen LogP) is 3.11. The van der Waals surface area contributed by atoms with Crippen LogP contribution < -0.4 is 5.43 Å². The number of nitrogens with zero attached hydrogens (tertiary/aromatic N) is 2. The van der Waals surface area contributed by atoms with Gasteiger partial charge in [-0.05, 0) is 40.5 Å². The van der Waals surface area contributed by atoms with Gasteiger partial charge in [0.2, 0.25) is 11.1 Å². The quantitative estimate of drug-likeness (QED) is 0.722. The number of hydrogen-bond donors (Lipinski definition) is 0. The molecule has 0 bridgehead atoms. The summed E-state index contributed by atoms with van der Waals surface area (Å²) in [6, 6.07) is 5.54. The van der Waals surface area contributed by atoms with Crippen LogP contribution in [0.2, 0.25) is 0 Å². The largest absolute Gasteiger partial charge is 0.464 e. The maximum Gasteiger partial charge on any atom is 0.362 e. The summed E-state index contributed by atoms with van der Waals surface area (Å²) in [6.45, 7) is 1.85. The number of carbonyl (C=O) groups excluding carboxylic acids is 1. The number of methoxy groups -OCH3 is 1. The first kappa shape index (κ1) is 15.9. The Kier molecular flexibility index (Phi) is 4.95. The Morgan fingerprint density at radius 3 is 2.67 bits per heavy atom. The zero-order chi connectivity index (χ0) is 15.6. The number of benzene rings is 1. The Labute approximate surface area is 138 Å². The Morgan fingerprint density at radius 1 is 1.38 bits per heavy atom. The second-order valence-electron chi connectivity index (χ2n) is 4.22. The second kappa shape index (κ2) is 6.53. The molecule has 0 aliphatic rings. The maximum absolute atomic E-state index is 12.1. The lowest BCUT2D eigenvalue weighted by Crippen LogP contribution is -2.25. The van der Waals surface area contributed by atoms with E-state index in [1.54, 1.807) is 6.20 Å². The van der Waals surface area contributed by atoms with Crippen LogP contribution in [-0.4, -0.2) is 22.9 Å². The van der Waals surface area contributed by atoms with Gasteiger partial charge in [-0.2, -0.15) is 5.10 Å². The zero-order valence-electron chi connectivity index (χ0n) is 11.4. The number of rotatable bonds is 3. The van der Waals surface area contributed by atoms with Crippen LogP contribution >= 0.6 is 31.9 Å². The normalized spacial score (nSPS) is 10.5. The van der Waals surface area contributed by atoms with Crippen molar-refractivity contribution in [3.05, 3.63) is 54.8 Å². The lowest BCUT2D eigenvalue weighted by atomic mass is 10.2. The van der Waals surface area contributed by atoms with Crippen molar-refractivity contribution in [2.45, 2.75) is 13.3 Å². The number of carbonyl (C=O) groups is 1. The number of esters is 1. The van der Waals surface area contributed by atoms with E-state index in [1.807, 2.05) is 25.1 Å². The number of hydrogen-bond acceptors (Lipinski definition) is 4. The second-order valence-corrected chi connectivity index (χ2v) is 5.99. The Bertz CT molecular complexity index is 756. The molecule has 21 heavy (non-hydrogen) atoms. The molecule has 7 heteroatoms. The molecule has 2 aromatic rings. The van der Waals surface area contributed by atoms with Gasteiger partial charge in [-0.15, -0.1) is 0 Å². The van der Waals surface area contributed by atoms with Crippen molar-refractivity contribution in [2.24, 2.45) is 0 Å². The average molecular weight is 416 g/mol. The number of ether oxygens (including phenoxy) is 1. The summed E-state index contributed by atoms with van der Waals surface area (Å²) >= 11 is 6.82. The van der Waals surface area contributed by atoms with Crippen LogP contribution in [0.25, 0.3) is 5.69 Å². The monoisotopic (exact) mass is 414 g/mol. The SMILES string of the molecule is CCc1cn(-c2ccc(Br)cc2Br)nc(C(=O)OC)c1=O. The van der Waals surface area contributed by atoms with Gasteiger partial charge in [0.1, 0.15) is 0 Å². The first-order valence-corrected chi connectivity index (χ1v) is 7.73. The lowest BCUT2D eigenvalue weighted by Gasteiger charge is -2.11. The first-order chi connectivity index (χ1) is 9.97. The molecule has 1 aromatic carbocycles. The molecule has 0 spiro atoms. The van der Waals surface area contributed by atoms with Crippen molar-refractivity contribution in [3.8, 4) is 5.69 Å². The molecule has 0 radical (unpaired) electrons. The van der Waals surface area contributed by atoms with E-state index in [1.165, 1.54) is 11.8 Å². The lowest BCUT2D eigenvalue weighted by molar-refractivity contribution is 0.0590. The van der Waals surface area contributed by atoms with Gasteiger partial charge in [0.15, 0.2) is 0 Å². The van der Waals surface area contributed by atoms with E-state index in [0.717, 1.165) is 14.6 Å². The third-order valence-corrected chi connectivity index (χ3v) is 4.04. The summed E-state index contributed by atoms with van der Waals surface area (Å²) in [5, 5.41) is 4.10. The molecule has 1 aromatic heterocycles. The van der Waals surface area contributed by atoms with Crippen LogP contribution in [0.15, 0.2) is 38.1 Å². The topological polar surface area (TPSA) is 61.2 Å². The van der Waals surface area contributed by atoms with E-state index >= 15 is 0 Å². The number of aryl methyl sites for hydroxylation is 1. The van der Waals surface area contributed by atoms with E-state index in [-0.39, 0.29) is 5.69 Å². The summed E-state index contributed by atoms with van der Waals surface area (Å²) in [5.74, 6) is -0.739. The van der Waals surface area contributed by atoms with Crippen molar-refractivity contribution in [1.82, 2.24) is 9.78 Å². The molecule has 0 fully saturated rings. The van der Waals surface area contributed by atoms with Gasteiger partial charge < -0.3 is 4.74 Å². The molecule has 0 aliphatic heterocycles. The summed E-state index contributed by atoms with van der Waals surface area (Å²) in [7, 11) is 1.22. The van der Waals surface area contributed by atoms with Crippen molar-refractivity contribution < 1.29 is 9.53 Å². The minimum Gasteiger partial charge on any atom is -0.464 e. The van der Waals surface area contributed by atoms with Gasteiger partial charge in [0.25, 0.3) is 0 Å². The highest BCUT2D eigenvalue weighted by molar-refractivity contribution is 9.11. The third-order valence-electron chi connectivity index (χ3n) is 2.91. The summed E-state index contributed by atoms with van der Waals surface area (Å²) < 4.78 is 7.81. The summed E-state index contributed by atoms with van der Waals surface area (Å²) in [5.41, 5.74) is 0.610. The zero-order valence-corrected chi connectivity index (χ0v) is 14.6. The molecule has 0 saturated carbocycles.